The first-order chi connectivity index (χ1) is 14.5. The van der Waals surface area contributed by atoms with Crippen LogP contribution in [0.3, 0.4) is 0 Å². The van der Waals surface area contributed by atoms with Crippen LogP contribution in [0, 0.1) is 11.8 Å². The van der Waals surface area contributed by atoms with Crippen molar-refractivity contribution in [3.63, 3.8) is 0 Å². The summed E-state index contributed by atoms with van der Waals surface area (Å²) < 4.78 is 6.70. The third-order valence-electron chi connectivity index (χ3n) is 6.52. The molecule has 0 heterocycles. The molecule has 0 amide bonds. The van der Waals surface area contributed by atoms with Crippen molar-refractivity contribution in [2.45, 2.75) is 103 Å². The number of unbranched alkanes of at least 4 members (excludes halogenated alkanes) is 3. The van der Waals surface area contributed by atoms with E-state index in [-0.39, 0.29) is 35.2 Å². The highest BCUT2D eigenvalue weighted by Gasteiger charge is 2.38. The number of carboxylic acids is 1. The molecule has 5 heteroatoms. The summed E-state index contributed by atoms with van der Waals surface area (Å²) in [4.78, 5) is 22.9. The number of hydrogen-bond acceptors (Lipinski definition) is 3. The second-order valence-electron chi connectivity index (χ2n) is 10.2. The summed E-state index contributed by atoms with van der Waals surface area (Å²) in [6, 6.07) is 0. The van der Waals surface area contributed by atoms with E-state index in [0.29, 0.717) is 12.8 Å². The predicted octanol–water partition coefficient (Wildman–Crippen LogP) is 7.09. The summed E-state index contributed by atoms with van der Waals surface area (Å²) in [6.07, 6.45) is 19.1. The highest BCUT2D eigenvalue weighted by Crippen LogP contribution is 2.38. The molecule has 3 atom stereocenters. The quantitative estimate of drug-likeness (QED) is 0.175. The van der Waals surface area contributed by atoms with Crippen molar-refractivity contribution in [1.82, 2.24) is 0 Å². The van der Waals surface area contributed by atoms with Crippen LogP contribution in [0.15, 0.2) is 36.5 Å². The Morgan fingerprint density at radius 3 is 2.55 bits per heavy atom. The zero-order valence-corrected chi connectivity index (χ0v) is 21.5. The van der Waals surface area contributed by atoms with Gasteiger partial charge in [-0.2, -0.15) is 0 Å². The molecule has 0 bridgehead atoms. The topological polar surface area (TPSA) is 63.6 Å². The van der Waals surface area contributed by atoms with E-state index in [1.165, 1.54) is 12.8 Å². The molecule has 0 aromatic heterocycles. The molecule has 4 nitrogen and oxygen atoms in total. The van der Waals surface area contributed by atoms with Gasteiger partial charge in [0.2, 0.25) is 0 Å². The van der Waals surface area contributed by atoms with Gasteiger partial charge in [-0.15, -0.1) is 0 Å². The number of carbonyl (C=O) groups excluding carboxylic acids is 1. The third-order valence-corrected chi connectivity index (χ3v) is 11.0. The van der Waals surface area contributed by atoms with E-state index < -0.39 is 14.3 Å². The number of hydrogen-bond donors (Lipinski definition) is 1. The Morgan fingerprint density at radius 2 is 1.94 bits per heavy atom. The van der Waals surface area contributed by atoms with Gasteiger partial charge in [-0.25, -0.2) is 0 Å². The molecule has 176 valence electrons. The van der Waals surface area contributed by atoms with Gasteiger partial charge in [0, 0.05) is 18.3 Å². The summed E-state index contributed by atoms with van der Waals surface area (Å²) in [7, 11) is -1.87. The molecular weight excluding hydrogens is 404 g/mol. The van der Waals surface area contributed by atoms with Gasteiger partial charge in [-0.1, -0.05) is 77.3 Å². The third kappa shape index (κ3) is 10.1. The van der Waals surface area contributed by atoms with Gasteiger partial charge in [0.05, 0.1) is 6.10 Å². The number of aliphatic carboxylic acids is 1. The molecule has 0 spiro atoms. The van der Waals surface area contributed by atoms with Gasteiger partial charge in [0.1, 0.15) is 0 Å². The van der Waals surface area contributed by atoms with Gasteiger partial charge in [-0.05, 0) is 49.9 Å². The zero-order chi connectivity index (χ0) is 23.5. The Hall–Kier alpha value is -1.46. The minimum atomic E-state index is -1.87. The molecule has 1 rings (SSSR count). The molecule has 1 unspecified atom stereocenters. The van der Waals surface area contributed by atoms with Crippen LogP contribution < -0.4 is 0 Å². The number of carboxylic acid groups (broad SMARTS) is 1. The lowest BCUT2D eigenvalue weighted by atomic mass is 9.90. The van der Waals surface area contributed by atoms with E-state index in [1.807, 2.05) is 18.2 Å². The second-order valence-corrected chi connectivity index (χ2v) is 15.0. The Kier molecular flexibility index (Phi) is 11.7. The molecule has 0 saturated heterocycles. The number of allylic oxidation sites excluding steroid dienone is 5. The second kappa shape index (κ2) is 13.2. The van der Waals surface area contributed by atoms with Crippen LogP contribution in [0.25, 0.3) is 0 Å². The van der Waals surface area contributed by atoms with Crippen LogP contribution in [-0.4, -0.2) is 31.3 Å². The minimum absolute atomic E-state index is 0.0591. The molecule has 1 aliphatic rings. The van der Waals surface area contributed by atoms with Crippen LogP contribution in [0.5, 0.6) is 0 Å². The molecule has 0 aliphatic heterocycles. The summed E-state index contributed by atoms with van der Waals surface area (Å²) in [5.74, 6) is -0.538. The fraction of sp³-hybridized carbons (Fsp3) is 0.692. The molecule has 0 aromatic rings. The molecule has 0 aromatic carbocycles. The fourth-order valence-corrected chi connectivity index (χ4v) is 4.76. The standard InChI is InChI=1S/C26H44O4Si/c1-7-8-11-14-22(30-31(5,6)26(2,3)4)19-17-21-18-20-24(27)23(21)15-12-9-10-13-16-25(28)29/h9,12,17-23H,7-8,10-11,13-16H2,1-6H3,(H,28,29)/b12-9-,19-17+/t21-,22?,23-/m1/s1. The predicted molar refractivity (Wildman–Crippen MR) is 132 cm³/mol. The highest BCUT2D eigenvalue weighted by atomic mass is 28.4. The Bertz CT molecular complexity index is 655. The number of ketones is 1. The number of carbonyl (C=O) groups is 2. The van der Waals surface area contributed by atoms with E-state index in [9.17, 15) is 9.59 Å². The van der Waals surface area contributed by atoms with Crippen LogP contribution in [-0.2, 0) is 14.0 Å². The van der Waals surface area contributed by atoms with E-state index in [2.05, 4.69) is 52.9 Å². The van der Waals surface area contributed by atoms with E-state index in [4.69, 9.17) is 9.53 Å². The zero-order valence-electron chi connectivity index (χ0n) is 20.5. The van der Waals surface area contributed by atoms with Crippen LogP contribution in [0.4, 0.5) is 0 Å². The molecule has 0 fully saturated rings. The van der Waals surface area contributed by atoms with Crippen LogP contribution in [0.2, 0.25) is 18.1 Å². The fourth-order valence-electron chi connectivity index (χ4n) is 3.45. The Labute approximate surface area is 191 Å². The van der Waals surface area contributed by atoms with Crippen LogP contribution in [0.1, 0.15) is 79.1 Å². The first-order valence-corrected chi connectivity index (χ1v) is 14.8. The average Bonchev–Trinajstić information content (AvgIpc) is 3.01. The first-order valence-electron chi connectivity index (χ1n) is 11.9. The monoisotopic (exact) mass is 448 g/mol. The highest BCUT2D eigenvalue weighted by molar-refractivity contribution is 6.74. The van der Waals surface area contributed by atoms with Gasteiger partial charge in [-0.3, -0.25) is 9.59 Å². The van der Waals surface area contributed by atoms with Gasteiger partial charge in [0.15, 0.2) is 14.1 Å². The van der Waals surface area contributed by atoms with Crippen molar-refractivity contribution < 1.29 is 19.1 Å². The van der Waals surface area contributed by atoms with Crippen molar-refractivity contribution in [2.75, 3.05) is 0 Å². The molecule has 31 heavy (non-hydrogen) atoms. The SMILES string of the molecule is CCCCCC(/C=C/[C@@H]1C=CC(=O)[C@@H]1C/C=C\CCCC(=O)O)O[Si](C)(C)C(C)(C)C. The first kappa shape index (κ1) is 27.6. The van der Waals surface area contributed by atoms with E-state index >= 15 is 0 Å². The maximum Gasteiger partial charge on any atom is 0.303 e. The van der Waals surface area contributed by atoms with Crippen molar-refractivity contribution >= 4 is 20.1 Å². The lowest BCUT2D eigenvalue weighted by Crippen LogP contribution is -2.43. The van der Waals surface area contributed by atoms with Gasteiger partial charge >= 0.3 is 5.97 Å². The van der Waals surface area contributed by atoms with E-state index in [0.717, 1.165) is 19.3 Å². The normalized spacial score (nSPS) is 20.9. The summed E-state index contributed by atoms with van der Waals surface area (Å²) >= 11 is 0. The Morgan fingerprint density at radius 1 is 1.23 bits per heavy atom. The summed E-state index contributed by atoms with van der Waals surface area (Å²) in [5.41, 5.74) is 0. The summed E-state index contributed by atoms with van der Waals surface area (Å²) in [6.45, 7) is 13.6. The maximum absolute atomic E-state index is 12.4. The van der Waals surface area contributed by atoms with Crippen LogP contribution >= 0.6 is 0 Å². The number of rotatable bonds is 14. The molecule has 1 N–H and O–H groups in total. The lowest BCUT2D eigenvalue weighted by molar-refractivity contribution is -0.137. The van der Waals surface area contributed by atoms with Crippen molar-refractivity contribution in [3.8, 4) is 0 Å². The smallest absolute Gasteiger partial charge is 0.303 e. The summed E-state index contributed by atoms with van der Waals surface area (Å²) in [5, 5.41) is 8.87. The van der Waals surface area contributed by atoms with Gasteiger partial charge in [0.25, 0.3) is 0 Å². The van der Waals surface area contributed by atoms with Gasteiger partial charge < -0.3 is 9.53 Å². The molecular formula is C26H44O4Si. The average molecular weight is 449 g/mol. The lowest BCUT2D eigenvalue weighted by Gasteiger charge is -2.38. The van der Waals surface area contributed by atoms with E-state index in [1.54, 1.807) is 6.08 Å². The Balaban J connectivity index is 2.75. The molecule has 0 saturated carbocycles. The minimum Gasteiger partial charge on any atom is -0.481 e. The molecule has 1 aliphatic carbocycles. The van der Waals surface area contributed by atoms with Crippen molar-refractivity contribution in [1.29, 1.82) is 0 Å². The maximum atomic E-state index is 12.4. The molecule has 0 radical (unpaired) electrons. The van der Waals surface area contributed by atoms with Crippen molar-refractivity contribution in [2.24, 2.45) is 11.8 Å². The largest absolute Gasteiger partial charge is 0.481 e. The van der Waals surface area contributed by atoms with Crippen molar-refractivity contribution in [3.05, 3.63) is 36.5 Å².